The summed E-state index contributed by atoms with van der Waals surface area (Å²) in [5.41, 5.74) is 2.32. The fourth-order valence-corrected chi connectivity index (χ4v) is 6.54. The molecule has 1 aromatic carbocycles. The van der Waals surface area contributed by atoms with E-state index in [1.165, 1.54) is 41.5 Å². The first-order valence-corrected chi connectivity index (χ1v) is 14.2. The molecule has 38 heavy (non-hydrogen) atoms. The maximum Gasteiger partial charge on any atom is 0.341 e. The van der Waals surface area contributed by atoms with Crippen molar-refractivity contribution in [3.05, 3.63) is 46.9 Å². The molecule has 3 aromatic rings. The predicted octanol–water partition coefficient (Wildman–Crippen LogP) is 5.39. The Kier molecular flexibility index (Phi) is 9.46. The van der Waals surface area contributed by atoms with Crippen LogP contribution in [0.1, 0.15) is 46.5 Å². The molecule has 9 nitrogen and oxygen atoms in total. The van der Waals surface area contributed by atoms with Crippen molar-refractivity contribution in [1.29, 1.82) is 0 Å². The van der Waals surface area contributed by atoms with Gasteiger partial charge in [-0.3, -0.25) is 9.36 Å². The minimum absolute atomic E-state index is 0.102. The van der Waals surface area contributed by atoms with Gasteiger partial charge in [0.15, 0.2) is 22.5 Å². The highest BCUT2D eigenvalue weighted by molar-refractivity contribution is 7.99. The molecular formula is C27H32N4O5S2. The van der Waals surface area contributed by atoms with Crippen LogP contribution in [-0.2, 0) is 28.9 Å². The minimum Gasteiger partial charge on any atom is -0.493 e. The number of carbonyl (C=O) groups excluding carboxylic acids is 2. The Morgan fingerprint density at radius 2 is 1.87 bits per heavy atom. The lowest BCUT2D eigenvalue weighted by molar-refractivity contribution is -0.113. The summed E-state index contributed by atoms with van der Waals surface area (Å²) in [6.45, 7) is 4.31. The lowest BCUT2D eigenvalue weighted by atomic mass is 9.96. The van der Waals surface area contributed by atoms with Gasteiger partial charge < -0.3 is 19.5 Å². The Labute approximate surface area is 230 Å². The third kappa shape index (κ3) is 6.05. The molecule has 0 aliphatic heterocycles. The van der Waals surface area contributed by atoms with Crippen molar-refractivity contribution in [1.82, 2.24) is 14.8 Å². The van der Waals surface area contributed by atoms with Gasteiger partial charge in [0.1, 0.15) is 5.00 Å². The number of aromatic nitrogens is 3. The fourth-order valence-electron chi connectivity index (χ4n) is 4.50. The number of anilines is 1. The van der Waals surface area contributed by atoms with Gasteiger partial charge in [0, 0.05) is 17.0 Å². The highest BCUT2D eigenvalue weighted by atomic mass is 32.2. The number of aryl methyl sites for hydroxylation is 1. The Hall–Kier alpha value is -3.31. The second-order valence-electron chi connectivity index (χ2n) is 8.73. The molecule has 0 bridgehead atoms. The quantitative estimate of drug-likeness (QED) is 0.201. The van der Waals surface area contributed by atoms with Crippen molar-refractivity contribution in [3.63, 3.8) is 0 Å². The molecule has 202 valence electrons. The standard InChI is InChI=1S/C27H32N4O5S2/c1-5-14-31-24(17-12-13-19(34-2)20(15-17)35-3)29-30-27(31)37-16-22(32)28-25-23(26(33)36-4)18-10-8-6-7-9-11-21(18)38-25/h5,12-13,15H,1,6-11,14,16H2,2-4H3,(H,28,32). The van der Waals surface area contributed by atoms with Crippen molar-refractivity contribution >= 4 is 40.0 Å². The van der Waals surface area contributed by atoms with Gasteiger partial charge in [-0.25, -0.2) is 4.79 Å². The topological polar surface area (TPSA) is 105 Å². The van der Waals surface area contributed by atoms with E-state index in [1.54, 1.807) is 20.3 Å². The Balaban J connectivity index is 1.52. The third-order valence-electron chi connectivity index (χ3n) is 6.32. The predicted molar refractivity (Wildman–Crippen MR) is 150 cm³/mol. The number of thioether (sulfide) groups is 1. The zero-order valence-corrected chi connectivity index (χ0v) is 23.5. The largest absolute Gasteiger partial charge is 0.493 e. The molecule has 0 radical (unpaired) electrons. The zero-order valence-electron chi connectivity index (χ0n) is 21.9. The zero-order chi connectivity index (χ0) is 27.1. The number of hydrogen-bond donors (Lipinski definition) is 1. The summed E-state index contributed by atoms with van der Waals surface area (Å²) in [6, 6.07) is 5.52. The van der Waals surface area contributed by atoms with Gasteiger partial charge in [-0.05, 0) is 49.4 Å². The molecular weight excluding hydrogens is 524 g/mol. The highest BCUT2D eigenvalue weighted by Gasteiger charge is 2.26. The number of amides is 1. The molecule has 1 N–H and O–H groups in total. The van der Waals surface area contributed by atoms with Crippen molar-refractivity contribution in [2.24, 2.45) is 0 Å². The summed E-state index contributed by atoms with van der Waals surface area (Å²) in [6.07, 6.45) is 7.92. The van der Waals surface area contributed by atoms with Gasteiger partial charge >= 0.3 is 5.97 Å². The number of hydrogen-bond acceptors (Lipinski definition) is 9. The molecule has 0 spiro atoms. The van der Waals surface area contributed by atoms with E-state index in [0.717, 1.165) is 43.2 Å². The van der Waals surface area contributed by atoms with Crippen LogP contribution in [0.4, 0.5) is 5.00 Å². The van der Waals surface area contributed by atoms with Crippen LogP contribution in [-0.4, -0.2) is 53.7 Å². The molecule has 0 saturated carbocycles. The normalized spacial score (nSPS) is 13.1. The second kappa shape index (κ2) is 13.0. The highest BCUT2D eigenvalue weighted by Crippen LogP contribution is 2.38. The van der Waals surface area contributed by atoms with Gasteiger partial charge in [0.2, 0.25) is 5.91 Å². The number of nitrogens with zero attached hydrogens (tertiary/aromatic N) is 3. The molecule has 0 saturated heterocycles. The number of thiophene rings is 1. The number of esters is 1. The molecule has 0 fully saturated rings. The number of rotatable bonds is 10. The molecule has 2 aromatic heterocycles. The smallest absolute Gasteiger partial charge is 0.341 e. The Morgan fingerprint density at radius 1 is 1.11 bits per heavy atom. The van der Waals surface area contributed by atoms with Gasteiger partial charge in [-0.1, -0.05) is 30.7 Å². The van der Waals surface area contributed by atoms with Gasteiger partial charge in [-0.2, -0.15) is 0 Å². The molecule has 1 aliphatic rings. The lowest BCUT2D eigenvalue weighted by Crippen LogP contribution is -2.17. The number of carbonyl (C=O) groups is 2. The van der Waals surface area contributed by atoms with E-state index < -0.39 is 5.97 Å². The first-order valence-electron chi connectivity index (χ1n) is 12.4. The maximum absolute atomic E-state index is 13.0. The number of ether oxygens (including phenoxy) is 3. The van der Waals surface area contributed by atoms with E-state index >= 15 is 0 Å². The number of benzene rings is 1. The average Bonchev–Trinajstić information content (AvgIpc) is 3.47. The van der Waals surface area contributed by atoms with Crippen molar-refractivity contribution in [3.8, 4) is 22.9 Å². The van der Waals surface area contributed by atoms with Gasteiger partial charge in [-0.15, -0.1) is 28.1 Å². The molecule has 4 rings (SSSR count). The number of nitrogens with one attached hydrogen (secondary N) is 1. The van der Waals surface area contributed by atoms with E-state index in [-0.39, 0.29) is 11.7 Å². The summed E-state index contributed by atoms with van der Waals surface area (Å²) in [5.74, 6) is 1.29. The maximum atomic E-state index is 13.0. The molecule has 1 amide bonds. The van der Waals surface area contributed by atoms with Crippen LogP contribution in [0.3, 0.4) is 0 Å². The minimum atomic E-state index is -0.406. The van der Waals surface area contributed by atoms with Crippen molar-refractivity contribution < 1.29 is 23.8 Å². The molecule has 11 heteroatoms. The lowest BCUT2D eigenvalue weighted by Gasteiger charge is -2.11. The summed E-state index contributed by atoms with van der Waals surface area (Å²) in [7, 11) is 4.54. The first-order chi connectivity index (χ1) is 18.5. The monoisotopic (exact) mass is 556 g/mol. The van der Waals surface area contributed by atoms with Crippen LogP contribution in [0.25, 0.3) is 11.4 Å². The van der Waals surface area contributed by atoms with E-state index in [4.69, 9.17) is 14.2 Å². The van der Waals surface area contributed by atoms with Crippen LogP contribution in [0.2, 0.25) is 0 Å². The molecule has 1 aliphatic carbocycles. The van der Waals surface area contributed by atoms with Crippen LogP contribution in [0.15, 0.2) is 36.0 Å². The van der Waals surface area contributed by atoms with E-state index in [2.05, 4.69) is 22.1 Å². The Bertz CT molecular complexity index is 1320. The summed E-state index contributed by atoms with van der Waals surface area (Å²) >= 11 is 2.76. The van der Waals surface area contributed by atoms with Crippen molar-refractivity contribution in [2.75, 3.05) is 32.4 Å². The SMILES string of the molecule is C=CCn1c(SCC(=O)Nc2sc3c(c2C(=O)OC)CCCCCC3)nnc1-c1ccc(OC)c(OC)c1. The summed E-state index contributed by atoms with van der Waals surface area (Å²) in [5, 5.41) is 12.8. The summed E-state index contributed by atoms with van der Waals surface area (Å²) < 4.78 is 17.7. The van der Waals surface area contributed by atoms with Crippen LogP contribution in [0.5, 0.6) is 11.5 Å². The van der Waals surface area contributed by atoms with Gasteiger partial charge in [0.25, 0.3) is 0 Å². The van der Waals surface area contributed by atoms with Crippen LogP contribution < -0.4 is 14.8 Å². The molecule has 0 atom stereocenters. The average molecular weight is 557 g/mol. The molecule has 0 unspecified atom stereocenters. The van der Waals surface area contributed by atoms with E-state index in [1.807, 2.05) is 22.8 Å². The van der Waals surface area contributed by atoms with E-state index in [9.17, 15) is 9.59 Å². The Morgan fingerprint density at radius 3 is 2.58 bits per heavy atom. The van der Waals surface area contributed by atoms with E-state index in [0.29, 0.717) is 39.6 Å². The first kappa shape index (κ1) is 27.7. The van der Waals surface area contributed by atoms with Gasteiger partial charge in [0.05, 0.1) is 32.6 Å². The third-order valence-corrected chi connectivity index (χ3v) is 8.49. The number of allylic oxidation sites excluding steroid dienone is 1. The second-order valence-corrected chi connectivity index (χ2v) is 10.8. The fraction of sp³-hybridized carbons (Fsp3) is 0.407. The van der Waals surface area contributed by atoms with Crippen LogP contribution in [0, 0.1) is 0 Å². The molecule has 2 heterocycles. The number of fused-ring (bicyclic) bond motifs is 1. The van der Waals surface area contributed by atoms with Crippen molar-refractivity contribution in [2.45, 2.75) is 50.2 Å². The van der Waals surface area contributed by atoms with Crippen LogP contribution >= 0.6 is 23.1 Å². The summed E-state index contributed by atoms with van der Waals surface area (Å²) in [4.78, 5) is 26.8. The number of methoxy groups -OCH3 is 3.